The highest BCUT2D eigenvalue weighted by Gasteiger charge is 2.13. The minimum absolute atomic E-state index is 0.0708. The number of ketones is 1. The number of nitrogens with zero attached hydrogens (tertiary/aromatic N) is 2. The van der Waals surface area contributed by atoms with Gasteiger partial charge in [0.2, 0.25) is 0 Å². The van der Waals surface area contributed by atoms with Gasteiger partial charge in [0.1, 0.15) is 5.82 Å². The summed E-state index contributed by atoms with van der Waals surface area (Å²) in [4.78, 5) is 32.8. The van der Waals surface area contributed by atoms with Crippen molar-refractivity contribution >= 4 is 23.2 Å². The van der Waals surface area contributed by atoms with E-state index in [1.807, 2.05) is 12.1 Å². The molecule has 0 bridgehead atoms. The van der Waals surface area contributed by atoms with Gasteiger partial charge in [-0.2, -0.15) is 0 Å². The van der Waals surface area contributed by atoms with E-state index in [-0.39, 0.29) is 23.1 Å². The first-order valence-electron chi connectivity index (χ1n) is 9.18. The number of nitrogens with one attached hydrogen (secondary N) is 1. The zero-order chi connectivity index (χ0) is 20.6. The number of nitrogens with two attached hydrogens (primary N) is 1. The van der Waals surface area contributed by atoms with Crippen molar-refractivity contribution in [3.05, 3.63) is 72.2 Å². The molecule has 0 aliphatic heterocycles. The number of carbonyl (C=O) groups is 2. The minimum Gasteiger partial charge on any atom is -0.385 e. The monoisotopic (exact) mass is 390 g/mol. The van der Waals surface area contributed by atoms with Crippen LogP contribution in [-0.2, 0) is 4.74 Å². The maximum Gasteiger partial charge on any atom is 0.259 e. The standard InChI is InChI=1S/C22H22N4O3/c1-29-12-2-3-20(27)16-6-4-15(5-7-16)17-13-19(21(23)25-14-17)22(28)26-18-8-10-24-11-9-18/h4-11,13-14H,2-3,12H2,1H3,(H2,23,25)(H,24,26,28). The summed E-state index contributed by atoms with van der Waals surface area (Å²) in [7, 11) is 1.62. The zero-order valence-corrected chi connectivity index (χ0v) is 16.1. The van der Waals surface area contributed by atoms with Crippen LogP contribution in [0.1, 0.15) is 33.6 Å². The summed E-state index contributed by atoms with van der Waals surface area (Å²) < 4.78 is 4.98. The van der Waals surface area contributed by atoms with Gasteiger partial charge in [-0.3, -0.25) is 14.6 Å². The van der Waals surface area contributed by atoms with E-state index in [1.165, 1.54) is 0 Å². The maximum atomic E-state index is 12.6. The lowest BCUT2D eigenvalue weighted by Gasteiger charge is -2.09. The number of pyridine rings is 2. The maximum absolute atomic E-state index is 12.6. The second-order valence-electron chi connectivity index (χ2n) is 6.44. The number of Topliss-reactive ketones (excluding diaryl/α,β-unsaturated/α-hetero) is 1. The van der Waals surface area contributed by atoms with Gasteiger partial charge in [-0.1, -0.05) is 24.3 Å². The molecule has 1 aromatic carbocycles. The van der Waals surface area contributed by atoms with E-state index in [4.69, 9.17) is 10.5 Å². The number of hydrogen-bond donors (Lipinski definition) is 2. The molecular weight excluding hydrogens is 368 g/mol. The molecule has 29 heavy (non-hydrogen) atoms. The molecule has 0 spiro atoms. The Balaban J connectivity index is 1.76. The summed E-state index contributed by atoms with van der Waals surface area (Å²) in [5.41, 5.74) is 9.01. The molecule has 1 amide bonds. The van der Waals surface area contributed by atoms with Crippen LogP contribution in [0, 0.1) is 0 Å². The van der Waals surface area contributed by atoms with Gasteiger partial charge in [-0.05, 0) is 30.2 Å². The molecule has 2 aromatic heterocycles. The molecular formula is C22H22N4O3. The highest BCUT2D eigenvalue weighted by Crippen LogP contribution is 2.23. The molecule has 2 heterocycles. The number of amides is 1. The van der Waals surface area contributed by atoms with Crippen LogP contribution >= 0.6 is 0 Å². The van der Waals surface area contributed by atoms with E-state index in [1.54, 1.807) is 56.0 Å². The quantitative estimate of drug-likeness (QED) is 0.450. The molecule has 0 saturated heterocycles. The lowest BCUT2D eigenvalue weighted by Crippen LogP contribution is -2.15. The fourth-order valence-electron chi connectivity index (χ4n) is 2.82. The molecule has 0 atom stereocenters. The highest BCUT2D eigenvalue weighted by atomic mass is 16.5. The smallest absolute Gasteiger partial charge is 0.259 e. The van der Waals surface area contributed by atoms with Gasteiger partial charge in [-0.25, -0.2) is 4.98 Å². The van der Waals surface area contributed by atoms with Gasteiger partial charge in [0.25, 0.3) is 5.91 Å². The van der Waals surface area contributed by atoms with Crippen LogP contribution in [0.4, 0.5) is 11.5 Å². The first kappa shape index (κ1) is 20.2. The third-order valence-electron chi connectivity index (χ3n) is 4.39. The normalized spacial score (nSPS) is 10.5. The molecule has 7 heteroatoms. The molecule has 0 fully saturated rings. The van der Waals surface area contributed by atoms with Crippen molar-refractivity contribution in [3.63, 3.8) is 0 Å². The first-order chi connectivity index (χ1) is 14.1. The van der Waals surface area contributed by atoms with Crippen molar-refractivity contribution < 1.29 is 14.3 Å². The molecule has 0 aliphatic rings. The van der Waals surface area contributed by atoms with E-state index in [0.29, 0.717) is 30.7 Å². The van der Waals surface area contributed by atoms with Gasteiger partial charge < -0.3 is 15.8 Å². The number of rotatable bonds is 8. The number of aromatic nitrogens is 2. The molecule has 0 radical (unpaired) electrons. The molecule has 3 aromatic rings. The second kappa shape index (κ2) is 9.57. The van der Waals surface area contributed by atoms with Crippen molar-refractivity contribution in [2.45, 2.75) is 12.8 Å². The number of benzene rings is 1. The highest BCUT2D eigenvalue weighted by molar-refractivity contribution is 6.07. The van der Waals surface area contributed by atoms with Crippen molar-refractivity contribution in [1.29, 1.82) is 0 Å². The predicted octanol–water partition coefficient (Wildman–Crippen LogP) is 3.59. The van der Waals surface area contributed by atoms with Crippen LogP contribution in [-0.4, -0.2) is 35.4 Å². The Labute approximate surface area is 169 Å². The Hall–Kier alpha value is -3.58. The molecule has 3 rings (SSSR count). The largest absolute Gasteiger partial charge is 0.385 e. The lowest BCUT2D eigenvalue weighted by molar-refractivity contribution is 0.0962. The van der Waals surface area contributed by atoms with Gasteiger partial charge in [-0.15, -0.1) is 0 Å². The zero-order valence-electron chi connectivity index (χ0n) is 16.1. The van der Waals surface area contributed by atoms with Gasteiger partial charge in [0, 0.05) is 55.5 Å². The molecule has 0 saturated carbocycles. The molecule has 0 aliphatic carbocycles. The van der Waals surface area contributed by atoms with E-state index >= 15 is 0 Å². The van der Waals surface area contributed by atoms with Crippen molar-refractivity contribution in [2.24, 2.45) is 0 Å². The van der Waals surface area contributed by atoms with E-state index < -0.39 is 0 Å². The molecule has 3 N–H and O–H groups in total. The fourth-order valence-corrected chi connectivity index (χ4v) is 2.82. The van der Waals surface area contributed by atoms with Crippen LogP contribution in [0.2, 0.25) is 0 Å². The fraction of sp³-hybridized carbons (Fsp3) is 0.182. The Kier molecular flexibility index (Phi) is 6.65. The molecule has 148 valence electrons. The predicted molar refractivity (Wildman–Crippen MR) is 112 cm³/mol. The first-order valence-corrected chi connectivity index (χ1v) is 9.18. The van der Waals surface area contributed by atoms with Crippen LogP contribution in [0.5, 0.6) is 0 Å². The Bertz CT molecular complexity index is 989. The summed E-state index contributed by atoms with van der Waals surface area (Å²) in [6, 6.07) is 12.3. The van der Waals surface area contributed by atoms with Crippen LogP contribution < -0.4 is 11.1 Å². The minimum atomic E-state index is -0.354. The SMILES string of the molecule is COCCCC(=O)c1ccc(-c2cnc(N)c(C(=O)Nc3ccncc3)c2)cc1. The van der Waals surface area contributed by atoms with E-state index in [2.05, 4.69) is 15.3 Å². The van der Waals surface area contributed by atoms with Crippen molar-refractivity contribution in [3.8, 4) is 11.1 Å². The topological polar surface area (TPSA) is 107 Å². The molecule has 7 nitrogen and oxygen atoms in total. The van der Waals surface area contributed by atoms with Crippen molar-refractivity contribution in [1.82, 2.24) is 9.97 Å². The summed E-state index contributed by atoms with van der Waals surface area (Å²) in [6.45, 7) is 0.561. The lowest BCUT2D eigenvalue weighted by atomic mass is 10.0. The van der Waals surface area contributed by atoms with Gasteiger partial charge in [0.15, 0.2) is 5.78 Å². The van der Waals surface area contributed by atoms with Crippen molar-refractivity contribution in [2.75, 3.05) is 24.8 Å². The number of carbonyl (C=O) groups excluding carboxylic acids is 2. The Morgan fingerprint density at radius 2 is 1.79 bits per heavy atom. The average Bonchev–Trinajstić information content (AvgIpc) is 2.75. The number of methoxy groups -OCH3 is 1. The van der Waals surface area contributed by atoms with Crippen LogP contribution in [0.25, 0.3) is 11.1 Å². The number of nitrogen functional groups attached to an aromatic ring is 1. The summed E-state index contributed by atoms with van der Waals surface area (Å²) in [6.07, 6.45) is 5.91. The number of ether oxygens (including phenoxy) is 1. The van der Waals surface area contributed by atoms with Crippen LogP contribution in [0.15, 0.2) is 61.1 Å². The Morgan fingerprint density at radius 1 is 1.07 bits per heavy atom. The average molecular weight is 390 g/mol. The number of anilines is 2. The van der Waals surface area contributed by atoms with E-state index in [0.717, 1.165) is 11.1 Å². The second-order valence-corrected chi connectivity index (χ2v) is 6.44. The summed E-state index contributed by atoms with van der Waals surface area (Å²) in [5.74, 6) is -0.139. The third kappa shape index (κ3) is 5.24. The third-order valence-corrected chi connectivity index (χ3v) is 4.39. The molecule has 0 unspecified atom stereocenters. The summed E-state index contributed by atoms with van der Waals surface area (Å²) in [5, 5.41) is 2.77. The number of hydrogen-bond acceptors (Lipinski definition) is 6. The van der Waals surface area contributed by atoms with E-state index in [9.17, 15) is 9.59 Å². The van der Waals surface area contributed by atoms with Gasteiger partial charge in [0.05, 0.1) is 5.56 Å². The Morgan fingerprint density at radius 3 is 2.48 bits per heavy atom. The van der Waals surface area contributed by atoms with Crippen LogP contribution in [0.3, 0.4) is 0 Å². The van der Waals surface area contributed by atoms with Gasteiger partial charge >= 0.3 is 0 Å². The summed E-state index contributed by atoms with van der Waals surface area (Å²) >= 11 is 0.